The van der Waals surface area contributed by atoms with Gasteiger partial charge in [-0.15, -0.1) is 0 Å². The standard InChI is InChI=1S/C20H17N.C2H6.CH5N/c1-14(13-15-7-3-2-4-8-15)16-9-5-11-18-17-10-6-12-19(17)21-20(16)18;2*1-2/h2-7,9-13,19,21H,1,8H2;1-2H3;2H2,1H3/b15-13-;;. The summed E-state index contributed by atoms with van der Waals surface area (Å²) in [7, 11) is 1.50. The maximum atomic E-state index is 4.50. The fourth-order valence-electron chi connectivity index (χ4n) is 3.17. The molecule has 3 N–H and O–H groups in total. The summed E-state index contributed by atoms with van der Waals surface area (Å²) in [6.45, 7) is 8.28. The Labute approximate surface area is 151 Å². The van der Waals surface area contributed by atoms with E-state index in [1.807, 2.05) is 13.8 Å². The second kappa shape index (κ2) is 9.05. The molecule has 1 heterocycles. The highest BCUT2D eigenvalue weighted by Gasteiger charge is 2.28. The number of benzene rings is 1. The Bertz CT molecular complexity index is 773. The maximum Gasteiger partial charge on any atom is 0.0708 e. The second-order valence-corrected chi connectivity index (χ2v) is 5.59. The highest BCUT2D eigenvalue weighted by Crippen LogP contribution is 2.42. The Morgan fingerprint density at radius 2 is 2.00 bits per heavy atom. The minimum Gasteiger partial charge on any atom is -0.374 e. The lowest BCUT2D eigenvalue weighted by molar-refractivity contribution is 1.20. The van der Waals surface area contributed by atoms with E-state index in [1.54, 1.807) is 0 Å². The summed E-state index contributed by atoms with van der Waals surface area (Å²) in [6.07, 6.45) is 18.2. The van der Waals surface area contributed by atoms with Gasteiger partial charge < -0.3 is 11.1 Å². The quantitative estimate of drug-likeness (QED) is 0.751. The molecule has 0 aromatic heterocycles. The van der Waals surface area contributed by atoms with Crippen LogP contribution in [0.2, 0.25) is 0 Å². The van der Waals surface area contributed by atoms with Crippen molar-refractivity contribution in [3.63, 3.8) is 0 Å². The number of para-hydroxylation sites is 1. The van der Waals surface area contributed by atoms with E-state index in [2.05, 4.69) is 84.4 Å². The number of fused-ring (bicyclic) bond motifs is 3. The molecule has 1 aromatic carbocycles. The van der Waals surface area contributed by atoms with Gasteiger partial charge in [0, 0.05) is 11.1 Å². The van der Waals surface area contributed by atoms with Crippen LogP contribution in [0, 0.1) is 0 Å². The van der Waals surface area contributed by atoms with Crippen LogP contribution in [0.3, 0.4) is 0 Å². The van der Waals surface area contributed by atoms with Crippen molar-refractivity contribution in [1.82, 2.24) is 0 Å². The minimum atomic E-state index is 0.333. The fraction of sp³-hybridized carbons (Fsp3) is 0.217. The molecule has 2 heteroatoms. The molecule has 0 bridgehead atoms. The molecule has 2 aliphatic carbocycles. The van der Waals surface area contributed by atoms with Gasteiger partial charge in [0.2, 0.25) is 0 Å². The molecule has 4 rings (SSSR count). The Morgan fingerprint density at radius 1 is 1.20 bits per heavy atom. The lowest BCUT2D eigenvalue weighted by Gasteiger charge is -2.11. The lowest BCUT2D eigenvalue weighted by atomic mass is 9.96. The van der Waals surface area contributed by atoms with Gasteiger partial charge in [-0.3, -0.25) is 0 Å². The third-order valence-electron chi connectivity index (χ3n) is 4.21. The van der Waals surface area contributed by atoms with Crippen molar-refractivity contribution in [1.29, 1.82) is 0 Å². The first-order valence-corrected chi connectivity index (χ1v) is 8.92. The van der Waals surface area contributed by atoms with Crippen molar-refractivity contribution in [2.75, 3.05) is 12.4 Å². The van der Waals surface area contributed by atoms with E-state index in [1.165, 1.54) is 35.0 Å². The predicted octanol–water partition coefficient (Wildman–Crippen LogP) is 5.49. The zero-order valence-corrected chi connectivity index (χ0v) is 15.4. The highest BCUT2D eigenvalue weighted by molar-refractivity contribution is 5.96. The molecule has 1 atom stereocenters. The Hall–Kier alpha value is -2.58. The number of nitrogens with two attached hydrogens (primary N) is 1. The van der Waals surface area contributed by atoms with Crippen LogP contribution in [-0.2, 0) is 0 Å². The van der Waals surface area contributed by atoms with Crippen molar-refractivity contribution in [3.05, 3.63) is 90.1 Å². The molecule has 3 aliphatic rings. The average molecular weight is 332 g/mol. The van der Waals surface area contributed by atoms with Crippen LogP contribution in [0.1, 0.15) is 31.4 Å². The molecular weight excluding hydrogens is 304 g/mol. The van der Waals surface area contributed by atoms with E-state index >= 15 is 0 Å². The van der Waals surface area contributed by atoms with Crippen LogP contribution in [-0.4, -0.2) is 13.1 Å². The molecule has 0 spiro atoms. The van der Waals surface area contributed by atoms with Crippen molar-refractivity contribution in [3.8, 4) is 0 Å². The van der Waals surface area contributed by atoms with Crippen molar-refractivity contribution >= 4 is 16.8 Å². The SMILES string of the molecule is C=C(/C=C1/C=CC=CC1)c1cccc2c1NC1C=CC=C21.CC.CN. The molecule has 0 radical (unpaired) electrons. The zero-order chi connectivity index (χ0) is 18.2. The summed E-state index contributed by atoms with van der Waals surface area (Å²) in [4.78, 5) is 0. The Morgan fingerprint density at radius 3 is 2.72 bits per heavy atom. The predicted molar refractivity (Wildman–Crippen MR) is 112 cm³/mol. The number of hydrogen-bond acceptors (Lipinski definition) is 2. The van der Waals surface area contributed by atoms with Crippen LogP contribution >= 0.6 is 0 Å². The van der Waals surface area contributed by atoms with E-state index in [4.69, 9.17) is 0 Å². The molecule has 1 aromatic rings. The molecule has 0 saturated heterocycles. The molecule has 0 saturated carbocycles. The Kier molecular flexibility index (Phi) is 6.79. The molecule has 1 unspecified atom stereocenters. The van der Waals surface area contributed by atoms with Gasteiger partial charge in [0.05, 0.1) is 11.7 Å². The van der Waals surface area contributed by atoms with E-state index < -0.39 is 0 Å². The number of allylic oxidation sites excluding steroid dienone is 9. The van der Waals surface area contributed by atoms with Gasteiger partial charge in [0.1, 0.15) is 0 Å². The minimum absolute atomic E-state index is 0.333. The van der Waals surface area contributed by atoms with Gasteiger partial charge in [0.25, 0.3) is 0 Å². The highest BCUT2D eigenvalue weighted by atomic mass is 15.0. The molecule has 1 aliphatic heterocycles. The van der Waals surface area contributed by atoms with Crippen LogP contribution in [0.5, 0.6) is 0 Å². The summed E-state index contributed by atoms with van der Waals surface area (Å²) >= 11 is 0. The van der Waals surface area contributed by atoms with E-state index in [9.17, 15) is 0 Å². The summed E-state index contributed by atoms with van der Waals surface area (Å²) in [6, 6.07) is 6.80. The average Bonchev–Trinajstić information content (AvgIpc) is 3.27. The lowest BCUT2D eigenvalue weighted by Crippen LogP contribution is -2.08. The van der Waals surface area contributed by atoms with Gasteiger partial charge in [-0.05, 0) is 30.2 Å². The first-order valence-electron chi connectivity index (χ1n) is 8.92. The topological polar surface area (TPSA) is 38.0 Å². The summed E-state index contributed by atoms with van der Waals surface area (Å²) in [5.41, 5.74) is 12.0. The molecule has 0 fully saturated rings. The zero-order valence-electron chi connectivity index (χ0n) is 15.4. The van der Waals surface area contributed by atoms with Crippen molar-refractivity contribution in [2.45, 2.75) is 26.3 Å². The van der Waals surface area contributed by atoms with Crippen LogP contribution < -0.4 is 11.1 Å². The molecular formula is C23H28N2. The van der Waals surface area contributed by atoms with Gasteiger partial charge in [0.15, 0.2) is 0 Å². The van der Waals surface area contributed by atoms with Gasteiger partial charge in [-0.1, -0.05) is 87.2 Å². The van der Waals surface area contributed by atoms with Crippen LogP contribution in [0.25, 0.3) is 11.1 Å². The summed E-state index contributed by atoms with van der Waals surface area (Å²) in [5.74, 6) is 0. The normalized spacial score (nSPS) is 19.8. The smallest absolute Gasteiger partial charge is 0.0708 e. The molecule has 130 valence electrons. The van der Waals surface area contributed by atoms with Crippen molar-refractivity contribution in [2.24, 2.45) is 5.73 Å². The third-order valence-corrected chi connectivity index (χ3v) is 4.21. The summed E-state index contributed by atoms with van der Waals surface area (Å²) in [5, 5.41) is 3.61. The van der Waals surface area contributed by atoms with Crippen LogP contribution in [0.4, 0.5) is 5.69 Å². The van der Waals surface area contributed by atoms with Gasteiger partial charge in [-0.25, -0.2) is 0 Å². The van der Waals surface area contributed by atoms with Crippen molar-refractivity contribution < 1.29 is 0 Å². The molecule has 25 heavy (non-hydrogen) atoms. The first kappa shape index (κ1) is 18.8. The largest absolute Gasteiger partial charge is 0.374 e. The Balaban J connectivity index is 0.000000528. The molecule has 0 amide bonds. The number of rotatable bonds is 2. The van der Waals surface area contributed by atoms with E-state index in [0.29, 0.717) is 6.04 Å². The first-order chi connectivity index (χ1) is 12.3. The van der Waals surface area contributed by atoms with E-state index in [-0.39, 0.29) is 0 Å². The monoisotopic (exact) mass is 332 g/mol. The maximum absolute atomic E-state index is 4.50. The molecule has 2 nitrogen and oxygen atoms in total. The van der Waals surface area contributed by atoms with E-state index in [0.717, 1.165) is 12.0 Å². The van der Waals surface area contributed by atoms with Gasteiger partial charge >= 0.3 is 0 Å². The summed E-state index contributed by atoms with van der Waals surface area (Å²) < 4.78 is 0. The second-order valence-electron chi connectivity index (χ2n) is 5.59. The van der Waals surface area contributed by atoms with Gasteiger partial charge in [-0.2, -0.15) is 0 Å². The number of nitrogens with one attached hydrogen (secondary N) is 1. The van der Waals surface area contributed by atoms with Crippen LogP contribution in [0.15, 0.2) is 79.0 Å². The fourth-order valence-corrected chi connectivity index (χ4v) is 3.17. The third kappa shape index (κ3) is 3.92. The number of anilines is 1. The number of hydrogen-bond donors (Lipinski definition) is 2.